The van der Waals surface area contributed by atoms with Crippen molar-refractivity contribution in [2.75, 3.05) is 105 Å². The number of aldehydes is 1. The Bertz CT molecular complexity index is 5380. The van der Waals surface area contributed by atoms with Gasteiger partial charge in [-0.2, -0.15) is 10.5 Å². The number of carbonyl (C=O) groups is 7. The second-order valence-electron chi connectivity index (χ2n) is 35.4. The Hall–Kier alpha value is -10.6. The van der Waals surface area contributed by atoms with Gasteiger partial charge in [0, 0.05) is 207 Å². The van der Waals surface area contributed by atoms with Gasteiger partial charge in [0.15, 0.2) is 5.78 Å². The number of amides is 4. The Balaban J connectivity index is 0.000000183. The van der Waals surface area contributed by atoms with Crippen LogP contribution in [0, 0.1) is 56.2 Å². The summed E-state index contributed by atoms with van der Waals surface area (Å²) in [5.41, 5.74) is 4.81. The predicted octanol–water partition coefficient (Wildman–Crippen LogP) is 13.7. The molecule has 2 aromatic heterocycles. The van der Waals surface area contributed by atoms with Gasteiger partial charge in [0.05, 0.1) is 33.6 Å². The van der Waals surface area contributed by atoms with Crippen molar-refractivity contribution in [3.63, 3.8) is 0 Å². The monoisotopic (exact) mass is 1700 g/mol. The molecule has 27 heteroatoms. The Labute approximate surface area is 723 Å². The number of pyridine rings is 2. The third-order valence-electron chi connectivity index (χ3n) is 26.1. The number of anilines is 4. The van der Waals surface area contributed by atoms with E-state index >= 15 is 0 Å². The molecule has 7 heterocycles. The van der Waals surface area contributed by atoms with Gasteiger partial charge in [0.25, 0.3) is 22.9 Å². The lowest BCUT2D eigenvalue weighted by Gasteiger charge is -2.63. The van der Waals surface area contributed by atoms with Crippen LogP contribution in [0.1, 0.15) is 165 Å². The Morgan fingerprint density at radius 1 is 0.512 bits per heavy atom. The number of nitriles is 2. The fourth-order valence-electron chi connectivity index (χ4n) is 19.9. The van der Waals surface area contributed by atoms with Crippen LogP contribution in [-0.4, -0.2) is 165 Å². The van der Waals surface area contributed by atoms with Crippen LogP contribution in [0.3, 0.4) is 0 Å². The van der Waals surface area contributed by atoms with Crippen molar-refractivity contribution in [3.8, 4) is 23.6 Å². The number of benzene rings is 6. The van der Waals surface area contributed by atoms with E-state index in [1.807, 2.05) is 78.9 Å². The number of hydrogen-bond acceptors (Lipinski definition) is 19. The number of Topliss-reactive ketones (excluding diaryl/α,β-unsaturated/α-hetero) is 2. The molecule has 8 aromatic rings. The van der Waals surface area contributed by atoms with Crippen LogP contribution in [0.15, 0.2) is 155 Å². The molecule has 638 valence electrons. The summed E-state index contributed by atoms with van der Waals surface area (Å²) in [6.45, 7) is 29.1. The van der Waals surface area contributed by atoms with Crippen LogP contribution in [0.5, 0.6) is 11.5 Å². The summed E-state index contributed by atoms with van der Waals surface area (Å²) in [6, 6.07) is 44.2. The van der Waals surface area contributed by atoms with Gasteiger partial charge in [-0.1, -0.05) is 86.0 Å². The number of halogens is 3. The topological polar surface area (TPSA) is 294 Å². The first-order chi connectivity index (χ1) is 56.9. The van der Waals surface area contributed by atoms with Gasteiger partial charge in [0.2, 0.25) is 11.8 Å². The fraction of sp³-hybridized carbons (Fsp3) is 0.457. The van der Waals surface area contributed by atoms with E-state index < -0.39 is 18.0 Å². The van der Waals surface area contributed by atoms with Crippen molar-refractivity contribution < 1.29 is 43.0 Å². The number of nitrogens with one attached hydrogen (secondary N) is 4. The maximum absolute atomic E-state index is 13.5. The maximum Gasteiger partial charge on any atom is 0.259 e. The first-order valence-corrected chi connectivity index (χ1v) is 42.3. The van der Waals surface area contributed by atoms with E-state index in [0.717, 1.165) is 151 Å². The van der Waals surface area contributed by atoms with Gasteiger partial charge in [-0.05, 0) is 177 Å². The Kier molecular flexibility index (Phi) is 27.7. The molecular weight excluding hydrogens is 1590 g/mol. The first kappa shape index (κ1) is 89.7. The van der Waals surface area contributed by atoms with Crippen molar-refractivity contribution in [1.82, 2.24) is 35.3 Å². The molecule has 5 aliphatic heterocycles. The molecule has 2 atom stereocenters. The summed E-state index contributed by atoms with van der Waals surface area (Å²) >= 11 is 12.4. The van der Waals surface area contributed by atoms with E-state index in [4.69, 9.17) is 37.9 Å². The molecule has 8 aliphatic rings. The van der Waals surface area contributed by atoms with E-state index in [0.29, 0.717) is 79.8 Å². The Morgan fingerprint density at radius 2 is 0.934 bits per heavy atom. The predicted molar refractivity (Wildman–Crippen MR) is 476 cm³/mol. The van der Waals surface area contributed by atoms with Crippen LogP contribution in [0.2, 0.25) is 10.0 Å². The zero-order valence-electron chi connectivity index (χ0n) is 69.3. The summed E-state index contributed by atoms with van der Waals surface area (Å²) in [6.07, 6.45) is 9.34. The number of carbonyl (C=O) groups excluding carboxylic acids is 7. The molecule has 6 aromatic carbocycles. The van der Waals surface area contributed by atoms with E-state index in [2.05, 4.69) is 131 Å². The van der Waals surface area contributed by atoms with Gasteiger partial charge < -0.3 is 59.0 Å². The summed E-state index contributed by atoms with van der Waals surface area (Å²) in [7, 11) is 0. The van der Waals surface area contributed by atoms with Crippen molar-refractivity contribution in [1.29, 1.82) is 10.5 Å². The van der Waals surface area contributed by atoms with Crippen LogP contribution in [-0.2, 0) is 24.0 Å². The molecule has 0 radical (unpaired) electrons. The highest BCUT2D eigenvalue weighted by atomic mass is 35.5. The lowest BCUT2D eigenvalue weighted by atomic mass is 9.49. The summed E-state index contributed by atoms with van der Waals surface area (Å²) in [4.78, 5) is 123. The molecule has 0 spiro atoms. The zero-order valence-corrected chi connectivity index (χ0v) is 71.6. The molecule has 121 heavy (non-hydrogen) atoms. The summed E-state index contributed by atoms with van der Waals surface area (Å²) in [5.74, 6) is 0.892. The number of aromatic nitrogens is 2. The molecule has 4 N–H and O–H groups in total. The average Bonchev–Trinajstić information content (AvgIpc) is 0.710. The van der Waals surface area contributed by atoms with Crippen LogP contribution in [0.25, 0.3) is 21.5 Å². The van der Waals surface area contributed by atoms with E-state index in [1.165, 1.54) is 9.13 Å². The maximum atomic E-state index is 13.5. The van der Waals surface area contributed by atoms with E-state index in [-0.39, 0.29) is 125 Å². The number of imide groups is 1. The molecule has 4 amide bonds. The van der Waals surface area contributed by atoms with Gasteiger partial charge in [-0.15, -0.1) is 12.4 Å². The smallest absolute Gasteiger partial charge is 0.259 e. The van der Waals surface area contributed by atoms with Gasteiger partial charge in [-0.3, -0.25) is 48.6 Å². The number of nitrogens with zero attached hydrogens (tertiary/aromatic N) is 9. The lowest BCUT2D eigenvalue weighted by Crippen LogP contribution is -2.74. The molecule has 0 bridgehead atoms. The second kappa shape index (κ2) is 37.4. The molecule has 3 aliphatic carbocycles. The number of ether oxygens (including phenoxy) is 2. The van der Waals surface area contributed by atoms with Gasteiger partial charge >= 0.3 is 0 Å². The molecule has 8 fully saturated rings. The standard InChI is InChI=1S/C47H53ClN6O5.C28H32ClN3O3.C18H20N4O3.CH4.ClH/c1-46(2)44(47(3,4)45(46)59-37-12-7-33(28-49)39(48)27-37)50-42(57)31-5-8-34(9-6-31)52-18-15-30(16-19-52)29-51-21-23-53(24-22-51)35-10-13-38-32(25-35)17-20-54(43(38)58)40-14-11-36(55)26-41(40)56;1-27(2)25(28(3,4)26(27)35-22-10-7-20(16-30)23(29)15-22)31-24(34)19-5-8-21(9-6-19)32-13-11-18(17-33)12-14-32;23-16-4-3-15(17(24)20-16)22-8-5-12-11-13(1-2-14(12)18(22)25)21-9-6-19-7-10-21;;/h5-10,12-13,17,20,25,27,30,40,44-45H,11,14-16,18-19,21-24,26,29H2,1-4H3,(H,50,57);5-10,15,17-18,25-26H,11-14H2,1-4H3,(H,31,34);1-2,5,8,11,15,19H,3-4,6-7,9-10H2,(H,20,23,24);1H4;1H. The van der Waals surface area contributed by atoms with Crippen molar-refractivity contribution in [3.05, 3.63) is 199 Å². The number of hydrogen-bond donors (Lipinski definition) is 4. The van der Waals surface area contributed by atoms with Crippen molar-refractivity contribution in [2.24, 2.45) is 33.5 Å². The Morgan fingerprint density at radius 3 is 1.36 bits per heavy atom. The van der Waals surface area contributed by atoms with Crippen molar-refractivity contribution in [2.45, 2.75) is 157 Å². The largest absolute Gasteiger partial charge is 0.489 e. The normalized spacial score (nSPS) is 22.5. The van der Waals surface area contributed by atoms with Gasteiger partial charge in [0.1, 0.15) is 54.0 Å². The number of rotatable bonds is 17. The molecule has 5 saturated heterocycles. The van der Waals surface area contributed by atoms with E-state index in [1.54, 1.807) is 48.8 Å². The highest BCUT2D eigenvalue weighted by molar-refractivity contribution is 6.32. The number of ketones is 2. The van der Waals surface area contributed by atoms with Crippen LogP contribution < -0.4 is 61.5 Å². The lowest BCUT2D eigenvalue weighted by molar-refractivity contribution is -0.164. The minimum absolute atomic E-state index is 0. The summed E-state index contributed by atoms with van der Waals surface area (Å²) in [5, 5.41) is 34.1. The fourth-order valence-corrected chi connectivity index (χ4v) is 20.3. The van der Waals surface area contributed by atoms with Crippen molar-refractivity contribution >= 4 is 121 Å². The quantitative estimate of drug-likeness (QED) is 0.0374. The average molecular weight is 1700 g/mol. The van der Waals surface area contributed by atoms with Crippen LogP contribution >= 0.6 is 35.6 Å². The van der Waals surface area contributed by atoms with E-state index in [9.17, 15) is 48.4 Å². The molecule has 24 nitrogen and oxygen atoms in total. The van der Waals surface area contributed by atoms with Crippen LogP contribution in [0.4, 0.5) is 22.7 Å². The molecule has 2 unspecified atom stereocenters. The molecule has 16 rings (SSSR count). The third kappa shape index (κ3) is 19.0. The zero-order chi connectivity index (χ0) is 84.4. The first-order valence-electron chi connectivity index (χ1n) is 41.5. The molecular formula is C94H110Cl3N13O11. The van der Waals surface area contributed by atoms with Gasteiger partial charge in [-0.25, -0.2) is 0 Å². The number of fused-ring (bicyclic) bond motifs is 2. The third-order valence-corrected chi connectivity index (χ3v) is 26.7. The summed E-state index contributed by atoms with van der Waals surface area (Å²) < 4.78 is 15.6. The number of piperazine rings is 2. The highest BCUT2D eigenvalue weighted by Gasteiger charge is 2.65. The highest BCUT2D eigenvalue weighted by Crippen LogP contribution is 2.57. The molecule has 3 saturated carbocycles. The number of piperidine rings is 3. The second-order valence-corrected chi connectivity index (χ2v) is 36.2. The minimum atomic E-state index is -0.623. The minimum Gasteiger partial charge on any atom is -0.489 e. The SMILES string of the molecule is C.CC1(C)C(NC(=O)c2ccc(N3CCC(C=O)CC3)cc2)C(C)(C)C1Oc1ccc(C#N)c(Cl)c1.CC1(C)C(NC(=O)c2ccc(N3CCC(CN4CCN(c5ccc6c(=O)n(C7CCC(=O)CC7=O)ccc6c5)CC4)CC3)cc2)C(C)(C)C1Oc1ccc(C#N)c(Cl)c1.Cl.O=C1CCC(n2ccc3cc(N4CCNCC4)ccc3c2=O)C(=O)N1.